The Bertz CT molecular complexity index is 1090. The summed E-state index contributed by atoms with van der Waals surface area (Å²) in [5, 5.41) is 8.57. The van der Waals surface area contributed by atoms with Crippen LogP contribution in [0.4, 0.5) is 0 Å². The Morgan fingerprint density at radius 2 is 1.48 bits per heavy atom. The van der Waals surface area contributed by atoms with Crippen LogP contribution in [0.25, 0.3) is 32.3 Å². The molecule has 0 heteroatoms. The standard InChI is InChI=1S/C23H18/c1-3-15-9-10-16-4-2-6-19-21(13-18(5-1)22(15)23(16)19)20-12-14-7-8-17(20)11-14/h1-10,13-14,17,20H,11-12H2/t14-,17+,20+/m1/s1. The molecule has 0 spiro atoms. The van der Waals surface area contributed by atoms with Crippen molar-refractivity contribution < 1.29 is 0 Å². The van der Waals surface area contributed by atoms with Crippen molar-refractivity contribution in [3.05, 3.63) is 72.3 Å². The molecule has 0 amide bonds. The summed E-state index contributed by atoms with van der Waals surface area (Å²) in [4.78, 5) is 0. The van der Waals surface area contributed by atoms with E-state index in [1.54, 1.807) is 5.56 Å². The van der Waals surface area contributed by atoms with E-state index in [2.05, 4.69) is 66.7 Å². The lowest BCUT2D eigenvalue weighted by molar-refractivity contribution is 0.590. The van der Waals surface area contributed by atoms with E-state index in [4.69, 9.17) is 0 Å². The lowest BCUT2D eigenvalue weighted by atomic mass is 9.81. The van der Waals surface area contributed by atoms with Crippen molar-refractivity contribution >= 4 is 32.3 Å². The van der Waals surface area contributed by atoms with Crippen LogP contribution < -0.4 is 0 Å². The van der Waals surface area contributed by atoms with Crippen molar-refractivity contribution in [2.45, 2.75) is 18.8 Å². The first-order valence-corrected chi connectivity index (χ1v) is 8.73. The van der Waals surface area contributed by atoms with E-state index in [-0.39, 0.29) is 0 Å². The Balaban J connectivity index is 1.77. The Kier molecular flexibility index (Phi) is 2.18. The zero-order valence-corrected chi connectivity index (χ0v) is 13.0. The molecule has 2 aliphatic rings. The van der Waals surface area contributed by atoms with Gasteiger partial charge in [0.2, 0.25) is 0 Å². The molecular formula is C23H18. The fourth-order valence-electron chi connectivity index (χ4n) is 5.24. The second-order valence-electron chi connectivity index (χ2n) is 7.40. The van der Waals surface area contributed by atoms with Crippen LogP contribution in [0.2, 0.25) is 0 Å². The van der Waals surface area contributed by atoms with E-state index < -0.39 is 0 Å². The van der Waals surface area contributed by atoms with Crippen molar-refractivity contribution in [1.82, 2.24) is 0 Å². The molecule has 0 N–H and O–H groups in total. The van der Waals surface area contributed by atoms with Gasteiger partial charge in [-0.05, 0) is 68.5 Å². The van der Waals surface area contributed by atoms with Crippen LogP contribution in [0.1, 0.15) is 24.3 Å². The van der Waals surface area contributed by atoms with E-state index >= 15 is 0 Å². The van der Waals surface area contributed by atoms with E-state index in [0.29, 0.717) is 5.92 Å². The normalized spacial score (nSPS) is 26.2. The number of rotatable bonds is 1. The van der Waals surface area contributed by atoms with Crippen LogP contribution >= 0.6 is 0 Å². The van der Waals surface area contributed by atoms with Gasteiger partial charge in [0.15, 0.2) is 0 Å². The molecule has 0 nitrogen and oxygen atoms in total. The lowest BCUT2D eigenvalue weighted by Gasteiger charge is -2.23. The molecule has 1 fully saturated rings. The molecule has 0 unspecified atom stereocenters. The Morgan fingerprint density at radius 1 is 0.696 bits per heavy atom. The number of benzene rings is 4. The minimum Gasteiger partial charge on any atom is -0.0851 e. The third kappa shape index (κ3) is 1.51. The first-order valence-electron chi connectivity index (χ1n) is 8.73. The molecule has 0 aliphatic heterocycles. The van der Waals surface area contributed by atoms with E-state index in [0.717, 1.165) is 11.8 Å². The average Bonchev–Trinajstić information content (AvgIpc) is 3.23. The van der Waals surface area contributed by atoms with Crippen molar-refractivity contribution in [3.8, 4) is 0 Å². The largest absolute Gasteiger partial charge is 0.0851 e. The first kappa shape index (κ1) is 12.1. The molecule has 110 valence electrons. The first-order chi connectivity index (χ1) is 11.4. The third-order valence-corrected chi connectivity index (χ3v) is 6.22. The highest BCUT2D eigenvalue weighted by molar-refractivity contribution is 6.23. The lowest BCUT2D eigenvalue weighted by Crippen LogP contribution is -2.06. The highest BCUT2D eigenvalue weighted by atomic mass is 14.4. The van der Waals surface area contributed by atoms with E-state index in [9.17, 15) is 0 Å². The molecule has 4 aromatic carbocycles. The van der Waals surface area contributed by atoms with Crippen molar-refractivity contribution in [1.29, 1.82) is 0 Å². The molecule has 0 heterocycles. The monoisotopic (exact) mass is 294 g/mol. The molecule has 4 aromatic rings. The van der Waals surface area contributed by atoms with Gasteiger partial charge >= 0.3 is 0 Å². The molecule has 23 heavy (non-hydrogen) atoms. The molecule has 0 aromatic heterocycles. The van der Waals surface area contributed by atoms with Crippen LogP contribution in [-0.2, 0) is 0 Å². The van der Waals surface area contributed by atoms with Crippen molar-refractivity contribution in [2.75, 3.05) is 0 Å². The maximum atomic E-state index is 2.49. The van der Waals surface area contributed by atoms with Gasteiger partial charge in [0.05, 0.1) is 0 Å². The van der Waals surface area contributed by atoms with Gasteiger partial charge in [0, 0.05) is 0 Å². The van der Waals surface area contributed by atoms with Gasteiger partial charge in [0.1, 0.15) is 0 Å². The van der Waals surface area contributed by atoms with Crippen LogP contribution in [-0.4, -0.2) is 0 Å². The average molecular weight is 294 g/mol. The van der Waals surface area contributed by atoms with Gasteiger partial charge < -0.3 is 0 Å². The minimum atomic E-state index is 0.708. The Hall–Kier alpha value is -2.34. The van der Waals surface area contributed by atoms with E-state index in [1.807, 2.05) is 0 Å². The smallest absolute Gasteiger partial charge is 0.00239 e. The Morgan fingerprint density at radius 3 is 2.26 bits per heavy atom. The summed E-state index contributed by atoms with van der Waals surface area (Å²) in [6, 6.07) is 20.6. The third-order valence-electron chi connectivity index (χ3n) is 6.22. The zero-order valence-electron chi connectivity index (χ0n) is 13.0. The predicted molar refractivity (Wildman–Crippen MR) is 98.2 cm³/mol. The fraction of sp³-hybridized carbons (Fsp3) is 0.217. The molecule has 0 saturated heterocycles. The van der Waals surface area contributed by atoms with Crippen molar-refractivity contribution in [2.24, 2.45) is 11.8 Å². The molecule has 6 rings (SSSR count). The quantitative estimate of drug-likeness (QED) is 0.287. The zero-order chi connectivity index (χ0) is 15.0. The molecule has 2 aliphatic carbocycles. The molecule has 0 radical (unpaired) electrons. The van der Waals surface area contributed by atoms with Gasteiger partial charge in [-0.2, -0.15) is 0 Å². The van der Waals surface area contributed by atoms with E-state index in [1.165, 1.54) is 45.2 Å². The highest BCUT2D eigenvalue weighted by Gasteiger charge is 2.37. The predicted octanol–water partition coefficient (Wildman–Crippen LogP) is 6.26. The summed E-state index contributed by atoms with van der Waals surface area (Å²) in [6.45, 7) is 0. The summed E-state index contributed by atoms with van der Waals surface area (Å²) in [5.74, 6) is 2.28. The van der Waals surface area contributed by atoms with Crippen molar-refractivity contribution in [3.63, 3.8) is 0 Å². The summed E-state index contributed by atoms with van der Waals surface area (Å²) in [6.07, 6.45) is 7.62. The second kappa shape index (κ2) is 4.14. The summed E-state index contributed by atoms with van der Waals surface area (Å²) < 4.78 is 0. The maximum absolute atomic E-state index is 2.49. The van der Waals surface area contributed by atoms with Gasteiger partial charge in [-0.1, -0.05) is 66.7 Å². The fourth-order valence-corrected chi connectivity index (χ4v) is 5.24. The van der Waals surface area contributed by atoms with Crippen LogP contribution in [0, 0.1) is 11.8 Å². The summed E-state index contributed by atoms with van der Waals surface area (Å²) in [7, 11) is 0. The SMILES string of the molecule is C1=C[C@H]2C[C@@H]1C[C@@H]2c1cc2cccc3ccc4cccc1c4c32. The molecule has 1 saturated carbocycles. The van der Waals surface area contributed by atoms with Crippen LogP contribution in [0.5, 0.6) is 0 Å². The summed E-state index contributed by atoms with van der Waals surface area (Å²) in [5.41, 5.74) is 1.58. The van der Waals surface area contributed by atoms with Gasteiger partial charge in [-0.3, -0.25) is 0 Å². The second-order valence-corrected chi connectivity index (χ2v) is 7.40. The number of hydrogen-bond acceptors (Lipinski definition) is 0. The molecule has 3 atom stereocenters. The molecular weight excluding hydrogens is 276 g/mol. The minimum absolute atomic E-state index is 0.708. The highest BCUT2D eigenvalue weighted by Crippen LogP contribution is 2.51. The topological polar surface area (TPSA) is 0 Å². The maximum Gasteiger partial charge on any atom is -0.00239 e. The van der Waals surface area contributed by atoms with Gasteiger partial charge in [-0.25, -0.2) is 0 Å². The van der Waals surface area contributed by atoms with Crippen LogP contribution in [0.15, 0.2) is 66.7 Å². The molecule has 2 bridgehead atoms. The number of allylic oxidation sites excluding steroid dienone is 2. The number of fused-ring (bicyclic) bond motifs is 2. The van der Waals surface area contributed by atoms with Gasteiger partial charge in [-0.15, -0.1) is 0 Å². The summed E-state index contributed by atoms with van der Waals surface area (Å²) >= 11 is 0. The van der Waals surface area contributed by atoms with Gasteiger partial charge in [0.25, 0.3) is 0 Å². The van der Waals surface area contributed by atoms with Crippen LogP contribution in [0.3, 0.4) is 0 Å². The Labute approximate surface area is 135 Å². The number of hydrogen-bond donors (Lipinski definition) is 0.